The Labute approximate surface area is 145 Å². The maximum absolute atomic E-state index is 12.1. The summed E-state index contributed by atoms with van der Waals surface area (Å²) in [5.41, 5.74) is 2.07. The quantitative estimate of drug-likeness (QED) is 0.842. The fourth-order valence-electron chi connectivity index (χ4n) is 3.13. The Morgan fingerprint density at radius 2 is 2.12 bits per heavy atom. The maximum Gasteiger partial charge on any atom is 0.248 e. The van der Waals surface area contributed by atoms with E-state index in [-0.39, 0.29) is 11.5 Å². The minimum atomic E-state index is -0.171. The summed E-state index contributed by atoms with van der Waals surface area (Å²) in [7, 11) is 1.60. The first-order chi connectivity index (χ1) is 11.7. The Bertz CT molecular complexity index is 781. The molecule has 1 heterocycles. The SMILES string of the molecule is COCc1cc(=O)[nH]c2cc(NC(=O)CSC3CCCC3)ccc12. The molecule has 24 heavy (non-hydrogen) atoms. The number of rotatable bonds is 6. The van der Waals surface area contributed by atoms with Gasteiger partial charge in [0.2, 0.25) is 11.5 Å². The van der Waals surface area contributed by atoms with E-state index in [4.69, 9.17) is 4.74 Å². The number of aromatic nitrogens is 1. The van der Waals surface area contributed by atoms with Gasteiger partial charge in [-0.2, -0.15) is 0 Å². The summed E-state index contributed by atoms with van der Waals surface area (Å²) in [5, 5.41) is 4.47. The van der Waals surface area contributed by atoms with Crippen LogP contribution < -0.4 is 10.9 Å². The number of benzene rings is 1. The molecule has 1 aromatic heterocycles. The highest BCUT2D eigenvalue weighted by atomic mass is 32.2. The van der Waals surface area contributed by atoms with Gasteiger partial charge >= 0.3 is 0 Å². The lowest BCUT2D eigenvalue weighted by molar-refractivity contribution is -0.113. The predicted octanol–water partition coefficient (Wildman–Crippen LogP) is 3.29. The molecule has 0 spiro atoms. The summed E-state index contributed by atoms with van der Waals surface area (Å²) in [5.74, 6) is 0.477. The summed E-state index contributed by atoms with van der Waals surface area (Å²) >= 11 is 1.74. The molecule has 6 heteroatoms. The van der Waals surface area contributed by atoms with Gasteiger partial charge in [-0.15, -0.1) is 11.8 Å². The molecule has 0 saturated heterocycles. The van der Waals surface area contributed by atoms with Crippen molar-refractivity contribution in [1.82, 2.24) is 4.98 Å². The molecular weight excluding hydrogens is 324 g/mol. The third-order valence-electron chi connectivity index (χ3n) is 4.26. The molecule has 0 atom stereocenters. The van der Waals surface area contributed by atoms with E-state index in [2.05, 4.69) is 10.3 Å². The molecule has 1 aliphatic rings. The molecule has 3 rings (SSSR count). The lowest BCUT2D eigenvalue weighted by atomic mass is 10.1. The number of H-pyrrole nitrogens is 1. The Balaban J connectivity index is 1.70. The van der Waals surface area contributed by atoms with Crippen LogP contribution in [-0.2, 0) is 16.1 Å². The van der Waals surface area contributed by atoms with Crippen molar-refractivity contribution in [1.29, 1.82) is 0 Å². The van der Waals surface area contributed by atoms with Crippen molar-refractivity contribution in [3.63, 3.8) is 0 Å². The molecule has 1 saturated carbocycles. The van der Waals surface area contributed by atoms with Crippen LogP contribution in [0.1, 0.15) is 31.2 Å². The summed E-state index contributed by atoms with van der Waals surface area (Å²) in [4.78, 5) is 26.7. The van der Waals surface area contributed by atoms with Crippen LogP contribution in [0, 0.1) is 0 Å². The minimum Gasteiger partial charge on any atom is -0.380 e. The van der Waals surface area contributed by atoms with E-state index in [1.54, 1.807) is 31.0 Å². The Hall–Kier alpha value is -1.79. The second-order valence-corrected chi connectivity index (χ2v) is 7.41. The van der Waals surface area contributed by atoms with Gasteiger partial charge < -0.3 is 15.0 Å². The second kappa shape index (κ2) is 7.85. The topological polar surface area (TPSA) is 71.2 Å². The van der Waals surface area contributed by atoms with E-state index in [0.29, 0.717) is 28.8 Å². The van der Waals surface area contributed by atoms with Gasteiger partial charge in [0.1, 0.15) is 0 Å². The van der Waals surface area contributed by atoms with Crippen molar-refractivity contribution in [2.24, 2.45) is 0 Å². The molecule has 1 aliphatic carbocycles. The summed E-state index contributed by atoms with van der Waals surface area (Å²) in [6.45, 7) is 0.379. The number of ether oxygens (including phenoxy) is 1. The van der Waals surface area contributed by atoms with Gasteiger partial charge in [0.25, 0.3) is 0 Å². The van der Waals surface area contributed by atoms with E-state index in [1.165, 1.54) is 25.7 Å². The zero-order chi connectivity index (χ0) is 16.9. The minimum absolute atomic E-state index is 0.00152. The Morgan fingerprint density at radius 3 is 2.88 bits per heavy atom. The smallest absolute Gasteiger partial charge is 0.248 e. The fourth-order valence-corrected chi connectivity index (χ4v) is 4.26. The summed E-state index contributed by atoms with van der Waals surface area (Å²) < 4.78 is 5.14. The highest BCUT2D eigenvalue weighted by molar-refractivity contribution is 8.00. The third-order valence-corrected chi connectivity index (χ3v) is 5.64. The number of nitrogens with one attached hydrogen (secondary N) is 2. The van der Waals surface area contributed by atoms with E-state index in [0.717, 1.165) is 10.9 Å². The molecule has 2 aromatic rings. The average molecular weight is 346 g/mol. The zero-order valence-electron chi connectivity index (χ0n) is 13.8. The van der Waals surface area contributed by atoms with Crippen LogP contribution in [0.25, 0.3) is 10.9 Å². The van der Waals surface area contributed by atoms with E-state index in [1.807, 2.05) is 12.1 Å². The first kappa shape index (κ1) is 17.0. The third kappa shape index (κ3) is 4.19. The van der Waals surface area contributed by atoms with Crippen molar-refractivity contribution < 1.29 is 9.53 Å². The van der Waals surface area contributed by atoms with Crippen LogP contribution in [-0.4, -0.2) is 29.0 Å². The van der Waals surface area contributed by atoms with E-state index >= 15 is 0 Å². The lowest BCUT2D eigenvalue weighted by Crippen LogP contribution is -2.16. The Morgan fingerprint density at radius 1 is 1.33 bits per heavy atom. The van der Waals surface area contributed by atoms with Gasteiger partial charge in [-0.05, 0) is 30.5 Å². The number of methoxy groups -OCH3 is 1. The van der Waals surface area contributed by atoms with Gasteiger partial charge in [-0.3, -0.25) is 9.59 Å². The zero-order valence-corrected chi connectivity index (χ0v) is 14.6. The molecular formula is C18H22N2O3S. The second-order valence-electron chi connectivity index (χ2n) is 6.12. The van der Waals surface area contributed by atoms with Crippen molar-refractivity contribution in [3.8, 4) is 0 Å². The van der Waals surface area contributed by atoms with Crippen molar-refractivity contribution in [2.75, 3.05) is 18.2 Å². The molecule has 5 nitrogen and oxygen atoms in total. The van der Waals surface area contributed by atoms with Crippen LogP contribution in [0.2, 0.25) is 0 Å². The van der Waals surface area contributed by atoms with Crippen molar-refractivity contribution >= 4 is 34.3 Å². The van der Waals surface area contributed by atoms with Crippen molar-refractivity contribution in [3.05, 3.63) is 40.2 Å². The number of anilines is 1. The number of carbonyl (C=O) groups is 1. The predicted molar refractivity (Wildman–Crippen MR) is 98.6 cm³/mol. The molecule has 1 aromatic carbocycles. The van der Waals surface area contributed by atoms with Gasteiger partial charge in [-0.25, -0.2) is 0 Å². The normalized spacial score (nSPS) is 15.0. The monoisotopic (exact) mass is 346 g/mol. The van der Waals surface area contributed by atoms with E-state index < -0.39 is 0 Å². The van der Waals surface area contributed by atoms with Crippen LogP contribution >= 0.6 is 11.8 Å². The van der Waals surface area contributed by atoms with Crippen LogP contribution in [0.4, 0.5) is 5.69 Å². The van der Waals surface area contributed by atoms with Gasteiger partial charge in [0.15, 0.2) is 0 Å². The molecule has 0 bridgehead atoms. The summed E-state index contributed by atoms with van der Waals surface area (Å²) in [6, 6.07) is 7.10. The first-order valence-corrected chi connectivity index (χ1v) is 9.27. The maximum atomic E-state index is 12.1. The van der Waals surface area contributed by atoms with Gasteiger partial charge in [0, 0.05) is 29.5 Å². The van der Waals surface area contributed by atoms with Gasteiger partial charge in [0.05, 0.1) is 17.9 Å². The summed E-state index contributed by atoms with van der Waals surface area (Å²) in [6.07, 6.45) is 5.00. The number of thioether (sulfide) groups is 1. The van der Waals surface area contributed by atoms with Crippen LogP contribution in [0.15, 0.2) is 29.1 Å². The fraction of sp³-hybridized carbons (Fsp3) is 0.444. The first-order valence-electron chi connectivity index (χ1n) is 8.22. The molecule has 0 radical (unpaired) electrons. The highest BCUT2D eigenvalue weighted by Crippen LogP contribution is 2.29. The number of amides is 1. The molecule has 1 amide bonds. The average Bonchev–Trinajstić information content (AvgIpc) is 3.06. The van der Waals surface area contributed by atoms with Gasteiger partial charge in [-0.1, -0.05) is 18.9 Å². The largest absolute Gasteiger partial charge is 0.380 e. The number of hydrogen-bond donors (Lipinski definition) is 2. The van der Waals surface area contributed by atoms with E-state index in [9.17, 15) is 9.59 Å². The van der Waals surface area contributed by atoms with Crippen LogP contribution in [0.3, 0.4) is 0 Å². The molecule has 2 N–H and O–H groups in total. The number of hydrogen-bond acceptors (Lipinski definition) is 4. The molecule has 128 valence electrons. The van der Waals surface area contributed by atoms with Crippen LogP contribution in [0.5, 0.6) is 0 Å². The standard InChI is InChI=1S/C18H22N2O3S/c1-23-10-12-8-17(21)20-16-9-13(6-7-15(12)16)19-18(22)11-24-14-4-2-3-5-14/h6-9,14H,2-5,10-11H2,1H3,(H,19,22)(H,20,21). The highest BCUT2D eigenvalue weighted by Gasteiger charge is 2.16. The Kier molecular flexibility index (Phi) is 5.58. The number of aromatic amines is 1. The van der Waals surface area contributed by atoms with Crippen molar-refractivity contribution in [2.45, 2.75) is 37.5 Å². The molecule has 1 fully saturated rings. The lowest BCUT2D eigenvalue weighted by Gasteiger charge is -2.10. The molecule has 0 unspecified atom stereocenters. The number of pyridine rings is 1. The molecule has 0 aliphatic heterocycles. The number of fused-ring (bicyclic) bond motifs is 1. The number of carbonyl (C=O) groups excluding carboxylic acids is 1.